The number of benzene rings is 2. The first-order valence-corrected chi connectivity index (χ1v) is 8.93. The lowest BCUT2D eigenvalue weighted by atomic mass is 10.0. The third kappa shape index (κ3) is 5.24. The number of ether oxygens (including phenoxy) is 1. The van der Waals surface area contributed by atoms with Crippen LogP contribution >= 0.6 is 12.2 Å². The van der Waals surface area contributed by atoms with Crippen LogP contribution < -0.4 is 15.4 Å². The molecule has 0 aliphatic rings. The Morgan fingerprint density at radius 2 is 1.79 bits per heavy atom. The number of nitrogens with one attached hydrogen (secondary N) is 2. The Hall–Kier alpha value is -2.07. The largest absolute Gasteiger partial charge is 0.492 e. The molecule has 0 spiro atoms. The van der Waals surface area contributed by atoms with Crippen LogP contribution in [0.5, 0.6) is 5.75 Å². The molecular formula is C20H26N2OS. The Morgan fingerprint density at radius 3 is 2.46 bits per heavy atom. The first kappa shape index (κ1) is 18.3. The first-order chi connectivity index (χ1) is 11.6. The lowest BCUT2D eigenvalue weighted by Crippen LogP contribution is -2.31. The van der Waals surface area contributed by atoms with Crippen molar-refractivity contribution in [2.75, 3.05) is 11.9 Å². The van der Waals surface area contributed by atoms with Gasteiger partial charge in [0, 0.05) is 0 Å². The van der Waals surface area contributed by atoms with Crippen LogP contribution in [0.25, 0.3) is 0 Å². The van der Waals surface area contributed by atoms with Crippen LogP contribution in [-0.4, -0.2) is 11.7 Å². The van der Waals surface area contributed by atoms with Crippen molar-refractivity contribution in [3.05, 3.63) is 59.7 Å². The molecule has 1 atom stereocenters. The van der Waals surface area contributed by atoms with Crippen molar-refractivity contribution >= 4 is 23.0 Å². The highest BCUT2D eigenvalue weighted by atomic mass is 32.1. The summed E-state index contributed by atoms with van der Waals surface area (Å²) < 4.78 is 5.61. The molecule has 0 aromatic heterocycles. The minimum atomic E-state index is 0.139. The van der Waals surface area contributed by atoms with Crippen molar-refractivity contribution in [2.24, 2.45) is 0 Å². The van der Waals surface area contributed by atoms with Gasteiger partial charge in [0.1, 0.15) is 5.75 Å². The summed E-state index contributed by atoms with van der Waals surface area (Å²) in [7, 11) is 0. The topological polar surface area (TPSA) is 33.3 Å². The molecular weight excluding hydrogens is 316 g/mol. The van der Waals surface area contributed by atoms with Crippen molar-refractivity contribution in [3.63, 3.8) is 0 Å². The molecule has 0 bridgehead atoms. The van der Waals surface area contributed by atoms with E-state index >= 15 is 0 Å². The van der Waals surface area contributed by atoms with Gasteiger partial charge >= 0.3 is 0 Å². The maximum absolute atomic E-state index is 5.61. The first-order valence-electron chi connectivity index (χ1n) is 8.52. The normalized spacial score (nSPS) is 11.6. The van der Waals surface area contributed by atoms with E-state index in [0.29, 0.717) is 11.7 Å². The predicted octanol–water partition coefficient (Wildman–Crippen LogP) is 5.09. The molecule has 0 heterocycles. The highest BCUT2D eigenvalue weighted by Crippen LogP contribution is 2.24. The molecule has 2 N–H and O–H groups in total. The molecule has 3 nitrogen and oxygen atoms in total. The zero-order valence-corrected chi connectivity index (χ0v) is 15.5. The summed E-state index contributed by atoms with van der Waals surface area (Å²) >= 11 is 5.45. The van der Waals surface area contributed by atoms with E-state index < -0.39 is 0 Å². The summed E-state index contributed by atoms with van der Waals surface area (Å²) in [5.74, 6) is 0.806. The van der Waals surface area contributed by atoms with Gasteiger partial charge in [-0.3, -0.25) is 0 Å². The molecule has 2 aromatic rings. The van der Waals surface area contributed by atoms with Gasteiger partial charge in [0.2, 0.25) is 0 Å². The second-order valence-corrected chi connectivity index (χ2v) is 6.15. The molecule has 4 heteroatoms. The van der Waals surface area contributed by atoms with E-state index in [2.05, 4.69) is 48.7 Å². The van der Waals surface area contributed by atoms with E-state index in [1.807, 2.05) is 31.2 Å². The molecule has 0 unspecified atom stereocenters. The Morgan fingerprint density at radius 1 is 1.08 bits per heavy atom. The highest BCUT2D eigenvalue weighted by Gasteiger charge is 2.09. The summed E-state index contributed by atoms with van der Waals surface area (Å²) in [5.41, 5.74) is 3.47. The number of hydrogen-bond donors (Lipinski definition) is 2. The zero-order chi connectivity index (χ0) is 17.4. The second kappa shape index (κ2) is 9.28. The SMILES string of the molecule is CCCc1ccc([C@@H](C)NC(=S)Nc2ccccc2OCC)cc1. The molecule has 2 aromatic carbocycles. The van der Waals surface area contributed by atoms with Crippen LogP contribution in [0.3, 0.4) is 0 Å². The summed E-state index contributed by atoms with van der Waals surface area (Å²) in [6.45, 7) is 6.90. The average Bonchev–Trinajstić information content (AvgIpc) is 2.58. The minimum Gasteiger partial charge on any atom is -0.492 e. The van der Waals surface area contributed by atoms with Gasteiger partial charge in [-0.05, 0) is 55.7 Å². The summed E-state index contributed by atoms with van der Waals surface area (Å²) in [4.78, 5) is 0. The van der Waals surface area contributed by atoms with E-state index in [1.165, 1.54) is 17.5 Å². The Balaban J connectivity index is 1.96. The van der Waals surface area contributed by atoms with Crippen molar-refractivity contribution in [1.82, 2.24) is 5.32 Å². The number of hydrogen-bond acceptors (Lipinski definition) is 2. The molecule has 0 amide bonds. The smallest absolute Gasteiger partial charge is 0.171 e. The van der Waals surface area contributed by atoms with E-state index in [-0.39, 0.29) is 6.04 Å². The van der Waals surface area contributed by atoms with Crippen LogP contribution in [0, 0.1) is 0 Å². The van der Waals surface area contributed by atoms with Gasteiger partial charge < -0.3 is 15.4 Å². The van der Waals surface area contributed by atoms with Crippen LogP contribution in [0.15, 0.2) is 48.5 Å². The van der Waals surface area contributed by atoms with Gasteiger partial charge in [-0.15, -0.1) is 0 Å². The fourth-order valence-electron chi connectivity index (χ4n) is 2.55. The number of para-hydroxylation sites is 2. The number of thiocarbonyl (C=S) groups is 1. The number of aryl methyl sites for hydroxylation is 1. The summed E-state index contributed by atoms with van der Waals surface area (Å²) in [5, 5.41) is 7.14. The third-order valence-corrected chi connectivity index (χ3v) is 4.02. The number of rotatable bonds is 7. The van der Waals surface area contributed by atoms with E-state index in [0.717, 1.165) is 17.9 Å². The van der Waals surface area contributed by atoms with Crippen molar-refractivity contribution in [2.45, 2.75) is 39.7 Å². The maximum Gasteiger partial charge on any atom is 0.171 e. The van der Waals surface area contributed by atoms with Gasteiger partial charge in [-0.1, -0.05) is 49.7 Å². The van der Waals surface area contributed by atoms with E-state index in [4.69, 9.17) is 17.0 Å². The molecule has 0 fully saturated rings. The molecule has 0 saturated carbocycles. The maximum atomic E-state index is 5.61. The molecule has 0 saturated heterocycles. The van der Waals surface area contributed by atoms with Crippen LogP contribution in [-0.2, 0) is 6.42 Å². The lowest BCUT2D eigenvalue weighted by molar-refractivity contribution is 0.342. The van der Waals surface area contributed by atoms with Gasteiger partial charge in [-0.25, -0.2) is 0 Å². The van der Waals surface area contributed by atoms with Gasteiger partial charge in [-0.2, -0.15) is 0 Å². The summed E-state index contributed by atoms with van der Waals surface area (Å²) in [6, 6.07) is 16.7. The average molecular weight is 343 g/mol. The van der Waals surface area contributed by atoms with Crippen molar-refractivity contribution in [1.29, 1.82) is 0 Å². The predicted molar refractivity (Wildman–Crippen MR) is 106 cm³/mol. The monoisotopic (exact) mass is 342 g/mol. The third-order valence-electron chi connectivity index (χ3n) is 3.80. The highest BCUT2D eigenvalue weighted by molar-refractivity contribution is 7.80. The Bertz CT molecular complexity index is 655. The lowest BCUT2D eigenvalue weighted by Gasteiger charge is -2.19. The second-order valence-electron chi connectivity index (χ2n) is 5.74. The van der Waals surface area contributed by atoms with Crippen molar-refractivity contribution < 1.29 is 4.74 Å². The fourth-order valence-corrected chi connectivity index (χ4v) is 2.84. The molecule has 24 heavy (non-hydrogen) atoms. The van der Waals surface area contributed by atoms with Crippen LogP contribution in [0.1, 0.15) is 44.4 Å². The number of anilines is 1. The molecule has 2 rings (SSSR count). The molecule has 128 valence electrons. The van der Waals surface area contributed by atoms with E-state index in [1.54, 1.807) is 0 Å². The fraction of sp³-hybridized carbons (Fsp3) is 0.350. The summed E-state index contributed by atoms with van der Waals surface area (Å²) in [6.07, 6.45) is 2.29. The van der Waals surface area contributed by atoms with Crippen LogP contribution in [0.4, 0.5) is 5.69 Å². The quantitative estimate of drug-likeness (QED) is 0.687. The van der Waals surface area contributed by atoms with E-state index in [9.17, 15) is 0 Å². The molecule has 0 aliphatic heterocycles. The van der Waals surface area contributed by atoms with Gasteiger partial charge in [0.05, 0.1) is 18.3 Å². The molecule has 0 aliphatic carbocycles. The van der Waals surface area contributed by atoms with Crippen LogP contribution in [0.2, 0.25) is 0 Å². The Labute approximate surface area is 150 Å². The van der Waals surface area contributed by atoms with Gasteiger partial charge in [0.25, 0.3) is 0 Å². The standard InChI is InChI=1S/C20H26N2OS/c1-4-8-16-11-13-17(14-12-16)15(3)21-20(24)22-18-9-6-7-10-19(18)23-5-2/h6-7,9-15H,4-5,8H2,1-3H3,(H2,21,22,24)/t15-/m1/s1. The zero-order valence-electron chi connectivity index (χ0n) is 14.6. The van der Waals surface area contributed by atoms with Gasteiger partial charge in [0.15, 0.2) is 5.11 Å². The van der Waals surface area contributed by atoms with Crippen molar-refractivity contribution in [3.8, 4) is 5.75 Å². The minimum absolute atomic E-state index is 0.139. The molecule has 0 radical (unpaired) electrons. The Kier molecular flexibility index (Phi) is 7.07.